The van der Waals surface area contributed by atoms with Crippen molar-refractivity contribution in [3.8, 4) is 5.75 Å². The Morgan fingerprint density at radius 3 is 1.95 bits per heavy atom. The fraction of sp³-hybridized carbons (Fsp3) is 0.125. The van der Waals surface area contributed by atoms with E-state index in [-0.39, 0.29) is 5.78 Å². The normalized spacial score (nSPS) is 11.7. The zero-order valence-corrected chi connectivity index (χ0v) is 11.4. The predicted octanol–water partition coefficient (Wildman–Crippen LogP) is 2.31. The second-order valence-corrected chi connectivity index (χ2v) is 4.52. The quantitative estimate of drug-likeness (QED) is 0.858. The van der Waals surface area contributed by atoms with E-state index in [1.54, 1.807) is 31.2 Å². The van der Waals surface area contributed by atoms with Crippen LogP contribution in [-0.2, 0) is 4.79 Å². The number of benzene rings is 2. The van der Waals surface area contributed by atoms with Crippen LogP contribution in [0.1, 0.15) is 22.8 Å². The summed E-state index contributed by atoms with van der Waals surface area (Å²) in [5.41, 5.74) is 5.95. The highest BCUT2D eigenvalue weighted by Crippen LogP contribution is 2.17. The van der Waals surface area contributed by atoms with Crippen molar-refractivity contribution in [2.24, 2.45) is 5.73 Å². The van der Waals surface area contributed by atoms with Gasteiger partial charge in [0, 0.05) is 11.1 Å². The number of amides is 1. The van der Waals surface area contributed by atoms with E-state index in [0.29, 0.717) is 16.9 Å². The van der Waals surface area contributed by atoms with Crippen molar-refractivity contribution in [1.82, 2.24) is 0 Å². The fourth-order valence-corrected chi connectivity index (χ4v) is 1.72. The third-order valence-corrected chi connectivity index (χ3v) is 2.94. The number of ether oxygens (including phenoxy) is 1. The first kappa shape index (κ1) is 14.7. The summed E-state index contributed by atoms with van der Waals surface area (Å²) in [4.78, 5) is 23.1. The summed E-state index contributed by atoms with van der Waals surface area (Å²) in [6.45, 7) is 1.54. The second-order valence-electron chi connectivity index (χ2n) is 4.52. The van der Waals surface area contributed by atoms with Gasteiger partial charge >= 0.3 is 0 Å². The number of ketones is 1. The largest absolute Gasteiger partial charge is 0.481 e. The molecule has 2 aromatic rings. The van der Waals surface area contributed by atoms with Gasteiger partial charge in [-0.15, -0.1) is 0 Å². The molecule has 4 nitrogen and oxygen atoms in total. The molecule has 0 aliphatic heterocycles. The third-order valence-electron chi connectivity index (χ3n) is 2.94. The minimum Gasteiger partial charge on any atom is -0.481 e. The molecule has 0 fully saturated rings. The van der Waals surface area contributed by atoms with Gasteiger partial charge in [-0.25, -0.2) is 4.39 Å². The number of primary amides is 1. The molecule has 2 N–H and O–H groups in total. The van der Waals surface area contributed by atoms with Gasteiger partial charge in [0.2, 0.25) is 0 Å². The van der Waals surface area contributed by atoms with Crippen molar-refractivity contribution in [1.29, 1.82) is 0 Å². The topological polar surface area (TPSA) is 69.4 Å². The van der Waals surface area contributed by atoms with Crippen molar-refractivity contribution in [3.05, 3.63) is 65.5 Å². The third kappa shape index (κ3) is 3.66. The molecule has 21 heavy (non-hydrogen) atoms. The SMILES string of the molecule is CC(Oc1ccc(C(=O)c2ccc(F)cc2)cc1)C(N)=O. The Labute approximate surface area is 121 Å². The van der Waals surface area contributed by atoms with Crippen LogP contribution in [0.4, 0.5) is 4.39 Å². The summed E-state index contributed by atoms with van der Waals surface area (Å²) in [7, 11) is 0. The van der Waals surface area contributed by atoms with Crippen molar-refractivity contribution in [3.63, 3.8) is 0 Å². The molecule has 0 heterocycles. The van der Waals surface area contributed by atoms with Gasteiger partial charge in [0.05, 0.1) is 0 Å². The van der Waals surface area contributed by atoms with Crippen LogP contribution in [-0.4, -0.2) is 17.8 Å². The molecule has 0 spiro atoms. The molecular weight excluding hydrogens is 273 g/mol. The number of carbonyl (C=O) groups is 2. The maximum Gasteiger partial charge on any atom is 0.258 e. The number of hydrogen-bond acceptors (Lipinski definition) is 3. The standard InChI is InChI=1S/C16H14FNO3/c1-10(16(18)20)21-14-8-4-12(5-9-14)15(19)11-2-6-13(17)7-3-11/h2-10H,1H3,(H2,18,20). The lowest BCUT2D eigenvalue weighted by Crippen LogP contribution is -2.30. The van der Waals surface area contributed by atoms with Gasteiger partial charge < -0.3 is 10.5 Å². The average Bonchev–Trinajstić information content (AvgIpc) is 2.48. The Morgan fingerprint density at radius 2 is 1.48 bits per heavy atom. The van der Waals surface area contributed by atoms with Crippen molar-refractivity contribution < 1.29 is 18.7 Å². The lowest BCUT2D eigenvalue weighted by Gasteiger charge is -2.11. The first-order valence-corrected chi connectivity index (χ1v) is 6.33. The Bertz CT molecular complexity index is 650. The van der Waals surface area contributed by atoms with Crippen LogP contribution < -0.4 is 10.5 Å². The van der Waals surface area contributed by atoms with Crippen LogP contribution in [0, 0.1) is 5.82 Å². The lowest BCUT2D eigenvalue weighted by molar-refractivity contribution is -0.123. The number of rotatable bonds is 5. The molecule has 0 aliphatic rings. The van der Waals surface area contributed by atoms with Crippen LogP contribution in [0.15, 0.2) is 48.5 Å². The maximum atomic E-state index is 12.8. The van der Waals surface area contributed by atoms with Gasteiger partial charge in [0.1, 0.15) is 11.6 Å². The van der Waals surface area contributed by atoms with Crippen molar-refractivity contribution in [2.45, 2.75) is 13.0 Å². The second kappa shape index (κ2) is 6.17. The Kier molecular flexibility index (Phi) is 4.33. The Balaban J connectivity index is 2.13. The molecule has 108 valence electrons. The molecule has 0 saturated carbocycles. The van der Waals surface area contributed by atoms with E-state index >= 15 is 0 Å². The smallest absolute Gasteiger partial charge is 0.258 e. The first-order chi connectivity index (χ1) is 9.97. The molecule has 2 rings (SSSR count). The van der Waals surface area contributed by atoms with E-state index in [1.807, 2.05) is 0 Å². The summed E-state index contributed by atoms with van der Waals surface area (Å²) < 4.78 is 18.1. The number of hydrogen-bond donors (Lipinski definition) is 1. The Hall–Kier alpha value is -2.69. The van der Waals surface area contributed by atoms with Gasteiger partial charge in [-0.2, -0.15) is 0 Å². The molecule has 1 atom stereocenters. The van der Waals surface area contributed by atoms with Gasteiger partial charge in [-0.05, 0) is 55.5 Å². The summed E-state index contributed by atoms with van der Waals surface area (Å²) in [6, 6.07) is 11.6. The Morgan fingerprint density at radius 1 is 1.00 bits per heavy atom. The van der Waals surface area contributed by atoms with E-state index in [9.17, 15) is 14.0 Å². The number of carbonyl (C=O) groups excluding carboxylic acids is 2. The minimum atomic E-state index is -0.747. The summed E-state index contributed by atoms with van der Waals surface area (Å²) in [5, 5.41) is 0. The van der Waals surface area contributed by atoms with Gasteiger partial charge in [0.15, 0.2) is 11.9 Å². The summed E-state index contributed by atoms with van der Waals surface area (Å²) >= 11 is 0. The van der Waals surface area contributed by atoms with Gasteiger partial charge in [-0.3, -0.25) is 9.59 Å². The van der Waals surface area contributed by atoms with E-state index in [1.165, 1.54) is 24.3 Å². The highest BCUT2D eigenvalue weighted by Gasteiger charge is 2.12. The van der Waals surface area contributed by atoms with E-state index in [0.717, 1.165) is 0 Å². The van der Waals surface area contributed by atoms with E-state index in [4.69, 9.17) is 10.5 Å². The van der Waals surface area contributed by atoms with Crippen LogP contribution in [0.2, 0.25) is 0 Å². The van der Waals surface area contributed by atoms with Crippen LogP contribution in [0.3, 0.4) is 0 Å². The molecule has 0 radical (unpaired) electrons. The number of halogens is 1. The molecular formula is C16H14FNO3. The fourth-order valence-electron chi connectivity index (χ4n) is 1.72. The highest BCUT2D eigenvalue weighted by atomic mass is 19.1. The molecule has 0 saturated heterocycles. The first-order valence-electron chi connectivity index (χ1n) is 6.33. The highest BCUT2D eigenvalue weighted by molar-refractivity contribution is 6.09. The molecule has 0 aliphatic carbocycles. The average molecular weight is 287 g/mol. The molecule has 0 bridgehead atoms. The minimum absolute atomic E-state index is 0.218. The van der Waals surface area contributed by atoms with Crippen LogP contribution in [0.25, 0.3) is 0 Å². The van der Waals surface area contributed by atoms with Crippen LogP contribution >= 0.6 is 0 Å². The van der Waals surface area contributed by atoms with Gasteiger partial charge in [-0.1, -0.05) is 0 Å². The monoisotopic (exact) mass is 287 g/mol. The molecule has 5 heteroatoms. The molecule has 0 aromatic heterocycles. The maximum absolute atomic E-state index is 12.8. The molecule has 1 unspecified atom stereocenters. The van der Waals surface area contributed by atoms with Crippen molar-refractivity contribution in [2.75, 3.05) is 0 Å². The summed E-state index contributed by atoms with van der Waals surface area (Å²) in [6.07, 6.45) is -0.747. The van der Waals surface area contributed by atoms with Gasteiger partial charge in [0.25, 0.3) is 5.91 Å². The van der Waals surface area contributed by atoms with E-state index < -0.39 is 17.8 Å². The predicted molar refractivity (Wildman–Crippen MR) is 75.6 cm³/mol. The lowest BCUT2D eigenvalue weighted by atomic mass is 10.0. The summed E-state index contributed by atoms with van der Waals surface area (Å²) in [5.74, 6) is -0.737. The zero-order valence-electron chi connectivity index (χ0n) is 11.4. The van der Waals surface area contributed by atoms with E-state index in [2.05, 4.69) is 0 Å². The molecule has 2 aromatic carbocycles. The van der Waals surface area contributed by atoms with Crippen molar-refractivity contribution >= 4 is 11.7 Å². The molecule has 1 amide bonds. The number of nitrogens with two attached hydrogens (primary N) is 1. The van der Waals surface area contributed by atoms with Crippen LogP contribution in [0.5, 0.6) is 5.75 Å². The zero-order chi connectivity index (χ0) is 15.4.